The number of carbonyl (C=O) groups is 1. The van der Waals surface area contributed by atoms with E-state index < -0.39 is 0 Å². The highest BCUT2D eigenvalue weighted by atomic mass is 16.5. The number of carbonyl (C=O) groups excluding carboxylic acids is 1. The van der Waals surface area contributed by atoms with Crippen molar-refractivity contribution in [2.45, 2.75) is 25.8 Å². The molecule has 0 unspecified atom stereocenters. The molecular formula is C32H37N3O4. The molecule has 7 nitrogen and oxygen atoms in total. The molecule has 0 aliphatic carbocycles. The van der Waals surface area contributed by atoms with Crippen LogP contribution >= 0.6 is 0 Å². The Labute approximate surface area is 230 Å². The Morgan fingerprint density at radius 1 is 0.846 bits per heavy atom. The summed E-state index contributed by atoms with van der Waals surface area (Å²) in [6, 6.07) is 22.4. The molecule has 39 heavy (non-hydrogen) atoms. The van der Waals surface area contributed by atoms with Gasteiger partial charge in [-0.15, -0.1) is 0 Å². The normalized spacial score (nSPS) is 14.4. The van der Waals surface area contributed by atoms with Gasteiger partial charge in [-0.05, 0) is 48.4 Å². The quantitative estimate of drug-likeness (QED) is 0.285. The van der Waals surface area contributed by atoms with Crippen molar-refractivity contribution in [2.24, 2.45) is 0 Å². The molecule has 0 N–H and O–H groups in total. The number of methoxy groups -OCH3 is 3. The summed E-state index contributed by atoms with van der Waals surface area (Å²) in [6.45, 7) is 5.86. The van der Waals surface area contributed by atoms with Crippen LogP contribution in [0, 0.1) is 0 Å². The van der Waals surface area contributed by atoms with Crippen LogP contribution in [0.15, 0.2) is 72.9 Å². The van der Waals surface area contributed by atoms with Gasteiger partial charge in [-0.1, -0.05) is 30.3 Å². The number of ether oxygens (including phenoxy) is 3. The molecule has 1 amide bonds. The van der Waals surface area contributed by atoms with E-state index in [1.165, 1.54) is 10.9 Å². The molecule has 2 heterocycles. The first-order chi connectivity index (χ1) is 19.1. The van der Waals surface area contributed by atoms with Crippen LogP contribution in [-0.2, 0) is 11.3 Å². The lowest BCUT2D eigenvalue weighted by atomic mass is 9.87. The average molecular weight is 528 g/mol. The molecule has 1 atom stereocenters. The minimum Gasteiger partial charge on any atom is -0.497 e. The van der Waals surface area contributed by atoms with Crippen molar-refractivity contribution < 1.29 is 19.0 Å². The topological polar surface area (TPSA) is 56.2 Å². The van der Waals surface area contributed by atoms with E-state index in [2.05, 4.69) is 52.9 Å². The summed E-state index contributed by atoms with van der Waals surface area (Å²) in [6.07, 6.45) is 2.57. The van der Waals surface area contributed by atoms with Crippen molar-refractivity contribution in [3.63, 3.8) is 0 Å². The van der Waals surface area contributed by atoms with Gasteiger partial charge in [-0.3, -0.25) is 4.79 Å². The van der Waals surface area contributed by atoms with E-state index in [0.29, 0.717) is 31.0 Å². The maximum absolute atomic E-state index is 13.9. The highest BCUT2D eigenvalue weighted by Gasteiger charge is 2.28. The van der Waals surface area contributed by atoms with Crippen LogP contribution in [0.5, 0.6) is 17.2 Å². The van der Waals surface area contributed by atoms with Crippen LogP contribution in [0.2, 0.25) is 0 Å². The van der Waals surface area contributed by atoms with Crippen molar-refractivity contribution in [2.75, 3.05) is 52.4 Å². The van der Waals surface area contributed by atoms with Crippen LogP contribution in [-0.4, -0.2) is 62.9 Å². The Hall–Kier alpha value is -4.13. The monoisotopic (exact) mass is 527 g/mol. The van der Waals surface area contributed by atoms with Gasteiger partial charge in [0.05, 0.1) is 27.0 Å². The number of piperazine rings is 1. The molecule has 7 heteroatoms. The standard InChI is InChI=1S/C32H37N3O4/c1-5-33-22-28(26-10-6-7-11-29(26)33)27(23-18-24(37-2)20-25(19-23)38-3)21-32(36)35-16-14-34(15-17-35)30-12-8-9-13-31(30)39-4/h6-13,18-20,22,27H,5,14-17,21H2,1-4H3/t27-/m1/s1. The van der Waals surface area contributed by atoms with Crippen LogP contribution in [0.1, 0.15) is 30.4 Å². The zero-order valence-electron chi connectivity index (χ0n) is 23.2. The van der Waals surface area contributed by atoms with Crippen LogP contribution in [0.4, 0.5) is 5.69 Å². The molecule has 204 valence electrons. The number of fused-ring (bicyclic) bond motifs is 1. The largest absolute Gasteiger partial charge is 0.497 e. The van der Waals surface area contributed by atoms with E-state index in [-0.39, 0.29) is 11.8 Å². The SMILES string of the molecule is CCn1cc([C@H](CC(=O)N2CCN(c3ccccc3OC)CC2)c2cc(OC)cc(OC)c2)c2ccccc21. The number of rotatable bonds is 9. The number of nitrogens with zero attached hydrogens (tertiary/aromatic N) is 3. The molecule has 0 bridgehead atoms. The maximum atomic E-state index is 13.9. The van der Waals surface area contributed by atoms with Gasteiger partial charge in [0.2, 0.25) is 5.91 Å². The smallest absolute Gasteiger partial charge is 0.223 e. The molecule has 0 radical (unpaired) electrons. The van der Waals surface area contributed by atoms with Gasteiger partial charge in [-0.2, -0.15) is 0 Å². The molecule has 0 saturated carbocycles. The molecular weight excluding hydrogens is 490 g/mol. The predicted octanol–water partition coefficient (Wildman–Crippen LogP) is 5.56. The summed E-state index contributed by atoms with van der Waals surface area (Å²) >= 11 is 0. The predicted molar refractivity (Wildman–Crippen MR) is 155 cm³/mol. The first kappa shape index (κ1) is 26.5. The number of benzene rings is 3. The summed E-state index contributed by atoms with van der Waals surface area (Å²) in [5, 5.41) is 1.17. The molecule has 1 saturated heterocycles. The van der Waals surface area contributed by atoms with E-state index in [1.54, 1.807) is 21.3 Å². The molecule has 0 spiro atoms. The number of para-hydroxylation sites is 3. The average Bonchev–Trinajstić information content (AvgIpc) is 3.38. The highest BCUT2D eigenvalue weighted by Crippen LogP contribution is 2.38. The summed E-state index contributed by atoms with van der Waals surface area (Å²) in [5.41, 5.74) is 4.39. The Bertz CT molecular complexity index is 1420. The number of aryl methyl sites for hydroxylation is 1. The summed E-state index contributed by atoms with van der Waals surface area (Å²) in [7, 11) is 5.01. The number of aromatic nitrogens is 1. The van der Waals surface area contributed by atoms with Gasteiger partial charge in [-0.25, -0.2) is 0 Å². The van der Waals surface area contributed by atoms with E-state index in [9.17, 15) is 4.79 Å². The number of hydrogen-bond acceptors (Lipinski definition) is 5. The van der Waals surface area contributed by atoms with Gasteiger partial charge < -0.3 is 28.6 Å². The third kappa shape index (κ3) is 5.39. The molecule has 1 aliphatic heterocycles. The molecule has 1 aromatic heterocycles. The highest BCUT2D eigenvalue weighted by molar-refractivity contribution is 5.87. The fourth-order valence-corrected chi connectivity index (χ4v) is 5.64. The fraction of sp³-hybridized carbons (Fsp3) is 0.344. The molecule has 4 aromatic rings. The number of hydrogen-bond donors (Lipinski definition) is 0. The van der Waals surface area contributed by atoms with Crippen molar-refractivity contribution in [1.29, 1.82) is 0 Å². The van der Waals surface area contributed by atoms with E-state index in [4.69, 9.17) is 14.2 Å². The third-order valence-corrected chi connectivity index (χ3v) is 7.75. The first-order valence-electron chi connectivity index (χ1n) is 13.5. The summed E-state index contributed by atoms with van der Waals surface area (Å²) < 4.78 is 19.0. The van der Waals surface area contributed by atoms with Crippen molar-refractivity contribution >= 4 is 22.5 Å². The second kappa shape index (κ2) is 11.7. The lowest BCUT2D eigenvalue weighted by Crippen LogP contribution is -2.49. The fourth-order valence-electron chi connectivity index (χ4n) is 5.64. The van der Waals surface area contributed by atoms with E-state index >= 15 is 0 Å². The summed E-state index contributed by atoms with van der Waals surface area (Å²) in [5.74, 6) is 2.29. The molecule has 1 fully saturated rings. The number of amides is 1. The second-order valence-electron chi connectivity index (χ2n) is 9.83. The Balaban J connectivity index is 1.44. The molecule has 5 rings (SSSR count). The van der Waals surface area contributed by atoms with Crippen molar-refractivity contribution in [3.8, 4) is 17.2 Å². The maximum Gasteiger partial charge on any atom is 0.223 e. The Morgan fingerprint density at radius 2 is 1.51 bits per heavy atom. The van der Waals surface area contributed by atoms with Gasteiger partial charge in [0.25, 0.3) is 0 Å². The van der Waals surface area contributed by atoms with Gasteiger partial charge >= 0.3 is 0 Å². The van der Waals surface area contributed by atoms with Crippen molar-refractivity contribution in [1.82, 2.24) is 9.47 Å². The van der Waals surface area contributed by atoms with E-state index in [1.807, 2.05) is 41.3 Å². The zero-order chi connectivity index (χ0) is 27.4. The lowest BCUT2D eigenvalue weighted by Gasteiger charge is -2.37. The molecule has 3 aromatic carbocycles. The van der Waals surface area contributed by atoms with Gasteiger partial charge in [0.15, 0.2) is 0 Å². The minimum atomic E-state index is -0.147. The second-order valence-corrected chi connectivity index (χ2v) is 9.83. The minimum absolute atomic E-state index is 0.147. The van der Waals surface area contributed by atoms with Gasteiger partial charge in [0, 0.05) is 68.2 Å². The Morgan fingerprint density at radius 3 is 2.18 bits per heavy atom. The summed E-state index contributed by atoms with van der Waals surface area (Å²) in [4.78, 5) is 18.1. The lowest BCUT2D eigenvalue weighted by molar-refractivity contribution is -0.131. The van der Waals surface area contributed by atoms with Gasteiger partial charge in [0.1, 0.15) is 17.2 Å². The van der Waals surface area contributed by atoms with Crippen LogP contribution in [0.25, 0.3) is 10.9 Å². The van der Waals surface area contributed by atoms with E-state index in [0.717, 1.165) is 42.2 Å². The third-order valence-electron chi connectivity index (χ3n) is 7.75. The van der Waals surface area contributed by atoms with Crippen molar-refractivity contribution in [3.05, 3.63) is 84.1 Å². The molecule has 1 aliphatic rings. The zero-order valence-corrected chi connectivity index (χ0v) is 23.2. The Kier molecular flexibility index (Phi) is 7.96. The van der Waals surface area contributed by atoms with Crippen LogP contribution < -0.4 is 19.1 Å². The number of anilines is 1. The van der Waals surface area contributed by atoms with Crippen LogP contribution in [0.3, 0.4) is 0 Å². The first-order valence-corrected chi connectivity index (χ1v) is 13.5.